The van der Waals surface area contributed by atoms with Crippen molar-refractivity contribution in [3.63, 3.8) is 0 Å². The molecule has 0 saturated heterocycles. The van der Waals surface area contributed by atoms with Crippen molar-refractivity contribution in [2.75, 3.05) is 0 Å². The highest BCUT2D eigenvalue weighted by atomic mass is 32.2. The van der Waals surface area contributed by atoms with E-state index in [-0.39, 0.29) is 6.04 Å². The minimum absolute atomic E-state index is 0.249. The van der Waals surface area contributed by atoms with E-state index in [2.05, 4.69) is 16.9 Å². The molecule has 4 heteroatoms. The van der Waals surface area contributed by atoms with Gasteiger partial charge in [0.05, 0.1) is 4.90 Å². The van der Waals surface area contributed by atoms with Crippen LogP contribution >= 0.6 is 0 Å². The Morgan fingerprint density at radius 3 is 2.25 bits per heavy atom. The average molecular weight is 343 g/mol. The summed E-state index contributed by atoms with van der Waals surface area (Å²) in [5.74, 6) is 0. The number of hydrogen-bond donors (Lipinski definition) is 1. The van der Waals surface area contributed by atoms with Gasteiger partial charge in [-0.3, -0.25) is 0 Å². The van der Waals surface area contributed by atoms with Gasteiger partial charge in [-0.05, 0) is 74.8 Å². The molecule has 1 unspecified atom stereocenters. The maximum atomic E-state index is 12.9. The lowest BCUT2D eigenvalue weighted by Crippen LogP contribution is -2.28. The average Bonchev–Trinajstić information content (AvgIpc) is 2.92. The largest absolute Gasteiger partial charge is 0.241 e. The van der Waals surface area contributed by atoms with Crippen LogP contribution in [0.25, 0.3) is 0 Å². The maximum absolute atomic E-state index is 12.9. The highest BCUT2D eigenvalue weighted by Crippen LogP contribution is 2.27. The molecule has 1 atom stereocenters. The second kappa shape index (κ2) is 6.34. The van der Waals surface area contributed by atoms with Gasteiger partial charge in [-0.1, -0.05) is 35.9 Å². The molecule has 0 saturated carbocycles. The van der Waals surface area contributed by atoms with Gasteiger partial charge in [0.2, 0.25) is 10.0 Å². The van der Waals surface area contributed by atoms with Gasteiger partial charge in [0.15, 0.2) is 0 Å². The Morgan fingerprint density at radius 1 is 0.958 bits per heavy atom. The van der Waals surface area contributed by atoms with E-state index >= 15 is 0 Å². The lowest BCUT2D eigenvalue weighted by Gasteiger charge is -2.18. The zero-order valence-electron chi connectivity index (χ0n) is 14.8. The van der Waals surface area contributed by atoms with E-state index in [9.17, 15) is 8.42 Å². The Hall–Kier alpha value is -1.65. The second-order valence-electron chi connectivity index (χ2n) is 6.95. The van der Waals surface area contributed by atoms with Gasteiger partial charge >= 0.3 is 0 Å². The van der Waals surface area contributed by atoms with E-state index in [0.717, 1.165) is 35.1 Å². The Kier molecular flexibility index (Phi) is 4.54. The molecule has 0 heterocycles. The summed E-state index contributed by atoms with van der Waals surface area (Å²) in [5.41, 5.74) is 6.46. The zero-order chi connectivity index (χ0) is 17.5. The topological polar surface area (TPSA) is 46.2 Å². The zero-order valence-corrected chi connectivity index (χ0v) is 15.6. The molecule has 1 N–H and O–H groups in total. The lowest BCUT2D eigenvalue weighted by molar-refractivity contribution is 0.565. The summed E-state index contributed by atoms with van der Waals surface area (Å²) < 4.78 is 28.6. The van der Waals surface area contributed by atoms with Gasteiger partial charge in [-0.25, -0.2) is 13.1 Å². The number of rotatable bonds is 4. The smallest absolute Gasteiger partial charge is 0.207 e. The fourth-order valence-corrected chi connectivity index (χ4v) is 5.50. The van der Waals surface area contributed by atoms with Crippen LogP contribution in [0.2, 0.25) is 0 Å². The molecule has 0 aliphatic heterocycles. The van der Waals surface area contributed by atoms with Gasteiger partial charge in [-0.15, -0.1) is 0 Å². The van der Waals surface area contributed by atoms with Crippen LogP contribution in [0.15, 0.2) is 35.2 Å². The third kappa shape index (κ3) is 3.26. The normalized spacial score (nSPS) is 15.3. The van der Waals surface area contributed by atoms with Crippen molar-refractivity contribution in [1.82, 2.24) is 4.72 Å². The Bertz CT molecular complexity index is 862. The fraction of sp³-hybridized carbons (Fsp3) is 0.400. The summed E-state index contributed by atoms with van der Waals surface area (Å²) in [6.45, 7) is 7.60. The first-order chi connectivity index (χ1) is 11.3. The lowest BCUT2D eigenvalue weighted by atomic mass is 10.0. The molecule has 0 fully saturated rings. The molecule has 0 aromatic heterocycles. The first-order valence-corrected chi connectivity index (χ1v) is 9.98. The SMILES string of the molecule is Cc1cc(C)c(S(=O)(=O)NC(C)c2ccc3c(c2)CCC3)c(C)c1. The summed E-state index contributed by atoms with van der Waals surface area (Å²) >= 11 is 0. The molecule has 0 spiro atoms. The molecule has 0 radical (unpaired) electrons. The number of benzene rings is 2. The van der Waals surface area contributed by atoms with Crippen molar-refractivity contribution < 1.29 is 8.42 Å². The van der Waals surface area contributed by atoms with Crippen LogP contribution in [0.5, 0.6) is 0 Å². The van der Waals surface area contributed by atoms with Crippen molar-refractivity contribution in [3.8, 4) is 0 Å². The number of sulfonamides is 1. The third-order valence-corrected chi connectivity index (χ3v) is 6.67. The van der Waals surface area contributed by atoms with Crippen LogP contribution in [0.1, 0.15) is 52.8 Å². The molecule has 2 aromatic rings. The molecule has 0 amide bonds. The van der Waals surface area contributed by atoms with E-state index in [1.54, 1.807) is 0 Å². The third-order valence-electron chi connectivity index (χ3n) is 4.83. The van der Waals surface area contributed by atoms with Crippen LogP contribution in [0, 0.1) is 20.8 Å². The predicted molar refractivity (Wildman–Crippen MR) is 97.9 cm³/mol. The minimum atomic E-state index is -3.55. The predicted octanol–water partition coefficient (Wildman–Crippen LogP) is 4.14. The molecule has 2 aromatic carbocycles. The second-order valence-corrected chi connectivity index (χ2v) is 8.60. The maximum Gasteiger partial charge on any atom is 0.241 e. The first kappa shape index (κ1) is 17.2. The molecular weight excluding hydrogens is 318 g/mol. The number of nitrogens with one attached hydrogen (secondary N) is 1. The summed E-state index contributed by atoms with van der Waals surface area (Å²) in [4.78, 5) is 0.404. The Labute approximate surface area is 145 Å². The van der Waals surface area contributed by atoms with E-state index in [1.165, 1.54) is 17.5 Å². The van der Waals surface area contributed by atoms with Gasteiger partial charge in [-0.2, -0.15) is 0 Å². The van der Waals surface area contributed by atoms with Gasteiger partial charge in [0, 0.05) is 6.04 Å². The molecule has 24 heavy (non-hydrogen) atoms. The van der Waals surface area contributed by atoms with Crippen LogP contribution in [0.4, 0.5) is 0 Å². The highest BCUT2D eigenvalue weighted by Gasteiger charge is 2.23. The van der Waals surface area contributed by atoms with Crippen molar-refractivity contribution >= 4 is 10.0 Å². The van der Waals surface area contributed by atoms with Crippen molar-refractivity contribution in [2.24, 2.45) is 0 Å². The molecule has 3 rings (SSSR count). The van der Waals surface area contributed by atoms with E-state index in [1.807, 2.05) is 45.9 Å². The summed E-state index contributed by atoms with van der Waals surface area (Å²) in [7, 11) is -3.55. The summed E-state index contributed by atoms with van der Waals surface area (Å²) in [5, 5.41) is 0. The van der Waals surface area contributed by atoms with Crippen LogP contribution < -0.4 is 4.72 Å². The number of aryl methyl sites for hydroxylation is 5. The van der Waals surface area contributed by atoms with Crippen LogP contribution in [-0.4, -0.2) is 8.42 Å². The molecular formula is C20H25NO2S. The summed E-state index contributed by atoms with van der Waals surface area (Å²) in [6.07, 6.45) is 3.43. The van der Waals surface area contributed by atoms with E-state index < -0.39 is 10.0 Å². The Balaban J connectivity index is 1.89. The summed E-state index contributed by atoms with van der Waals surface area (Å²) in [6, 6.07) is 9.94. The first-order valence-electron chi connectivity index (χ1n) is 8.50. The molecule has 1 aliphatic rings. The van der Waals surface area contributed by atoms with E-state index in [4.69, 9.17) is 0 Å². The standard InChI is InChI=1S/C20H25NO2S/c1-13-10-14(2)20(15(3)11-13)24(22,23)21-16(4)18-9-8-17-6-5-7-19(17)12-18/h8-12,16,21H,5-7H2,1-4H3. The van der Waals surface area contributed by atoms with Gasteiger partial charge in [0.25, 0.3) is 0 Å². The molecule has 1 aliphatic carbocycles. The minimum Gasteiger partial charge on any atom is -0.207 e. The van der Waals surface area contributed by atoms with Crippen molar-refractivity contribution in [2.45, 2.75) is 57.9 Å². The quantitative estimate of drug-likeness (QED) is 0.907. The van der Waals surface area contributed by atoms with Crippen molar-refractivity contribution in [1.29, 1.82) is 0 Å². The molecule has 128 valence electrons. The van der Waals surface area contributed by atoms with Crippen LogP contribution in [-0.2, 0) is 22.9 Å². The van der Waals surface area contributed by atoms with E-state index in [0.29, 0.717) is 4.90 Å². The monoisotopic (exact) mass is 343 g/mol. The number of fused-ring (bicyclic) bond motifs is 1. The highest BCUT2D eigenvalue weighted by molar-refractivity contribution is 7.89. The van der Waals surface area contributed by atoms with Crippen LogP contribution in [0.3, 0.4) is 0 Å². The van der Waals surface area contributed by atoms with Gasteiger partial charge < -0.3 is 0 Å². The van der Waals surface area contributed by atoms with Gasteiger partial charge in [0.1, 0.15) is 0 Å². The molecule has 0 bridgehead atoms. The fourth-order valence-electron chi connectivity index (χ4n) is 3.81. The van der Waals surface area contributed by atoms with Crippen molar-refractivity contribution in [3.05, 3.63) is 63.7 Å². The molecule has 3 nitrogen and oxygen atoms in total. The Morgan fingerprint density at radius 2 is 1.58 bits per heavy atom. The number of hydrogen-bond acceptors (Lipinski definition) is 2.